The Morgan fingerprint density at radius 1 is 1.24 bits per heavy atom. The fourth-order valence-corrected chi connectivity index (χ4v) is 2.97. The molecule has 0 aliphatic rings. The topological polar surface area (TPSA) is 12.0 Å². The monoisotopic (exact) mass is 315 g/mol. The molecule has 0 bridgehead atoms. The van der Waals surface area contributed by atoms with Crippen LogP contribution < -0.4 is 5.32 Å². The minimum Gasteiger partial charge on any atom is -0.319 e. The Labute approximate surface area is 118 Å². The SMILES string of the molecule is CNCC(CCSC(C)C)c1ccc(Br)cc1. The first kappa shape index (κ1) is 15.1. The number of likely N-dealkylation sites (N-methyl/N-ethyl adjacent to an activating group) is 1. The Kier molecular flexibility index (Phi) is 7.24. The second kappa shape index (κ2) is 8.17. The van der Waals surface area contributed by atoms with E-state index in [1.54, 1.807) is 0 Å². The first-order valence-corrected chi connectivity index (χ1v) is 7.99. The first-order valence-electron chi connectivity index (χ1n) is 6.15. The zero-order chi connectivity index (χ0) is 12.7. The summed E-state index contributed by atoms with van der Waals surface area (Å²) in [6.45, 7) is 5.58. The summed E-state index contributed by atoms with van der Waals surface area (Å²) < 4.78 is 1.15. The van der Waals surface area contributed by atoms with Crippen LogP contribution in [0.15, 0.2) is 28.7 Å². The van der Waals surface area contributed by atoms with Crippen LogP contribution in [0.4, 0.5) is 0 Å². The molecule has 0 saturated heterocycles. The zero-order valence-corrected chi connectivity index (χ0v) is 13.3. The van der Waals surface area contributed by atoms with Gasteiger partial charge in [-0.3, -0.25) is 0 Å². The molecule has 1 aromatic carbocycles. The Hall–Kier alpha value is 0.01000. The number of benzene rings is 1. The van der Waals surface area contributed by atoms with Crippen molar-refractivity contribution in [2.75, 3.05) is 19.3 Å². The van der Waals surface area contributed by atoms with Crippen LogP contribution >= 0.6 is 27.7 Å². The average Bonchev–Trinajstić information content (AvgIpc) is 2.29. The van der Waals surface area contributed by atoms with Crippen LogP contribution in [0.5, 0.6) is 0 Å². The van der Waals surface area contributed by atoms with Gasteiger partial charge in [-0.1, -0.05) is 41.9 Å². The molecule has 1 nitrogen and oxygen atoms in total. The van der Waals surface area contributed by atoms with Crippen molar-refractivity contribution in [3.05, 3.63) is 34.3 Å². The van der Waals surface area contributed by atoms with Gasteiger partial charge in [0.15, 0.2) is 0 Å². The highest BCUT2D eigenvalue weighted by molar-refractivity contribution is 9.10. The third-order valence-corrected chi connectivity index (χ3v) is 4.38. The minimum absolute atomic E-state index is 0.624. The molecule has 0 fully saturated rings. The van der Waals surface area contributed by atoms with Crippen LogP contribution in [0.1, 0.15) is 31.7 Å². The molecular formula is C14H22BrNS. The highest BCUT2D eigenvalue weighted by Gasteiger charge is 2.10. The maximum atomic E-state index is 3.49. The van der Waals surface area contributed by atoms with Crippen molar-refractivity contribution in [1.29, 1.82) is 0 Å². The fourth-order valence-electron chi connectivity index (χ4n) is 1.81. The van der Waals surface area contributed by atoms with Crippen molar-refractivity contribution in [2.45, 2.75) is 31.4 Å². The quantitative estimate of drug-likeness (QED) is 0.805. The van der Waals surface area contributed by atoms with Gasteiger partial charge < -0.3 is 5.32 Å². The largest absolute Gasteiger partial charge is 0.319 e. The lowest BCUT2D eigenvalue weighted by Crippen LogP contribution is -2.18. The summed E-state index contributed by atoms with van der Waals surface area (Å²) >= 11 is 5.53. The number of halogens is 1. The Morgan fingerprint density at radius 3 is 2.41 bits per heavy atom. The predicted molar refractivity (Wildman–Crippen MR) is 83.0 cm³/mol. The molecule has 0 aliphatic carbocycles. The van der Waals surface area contributed by atoms with Gasteiger partial charge in [0.2, 0.25) is 0 Å². The molecule has 0 aromatic heterocycles. The second-order valence-electron chi connectivity index (χ2n) is 4.51. The van der Waals surface area contributed by atoms with Gasteiger partial charge in [-0.2, -0.15) is 11.8 Å². The number of hydrogen-bond donors (Lipinski definition) is 1. The summed E-state index contributed by atoms with van der Waals surface area (Å²) in [5, 5.41) is 4.03. The number of hydrogen-bond acceptors (Lipinski definition) is 2. The molecule has 0 amide bonds. The normalized spacial score (nSPS) is 13.0. The van der Waals surface area contributed by atoms with Crippen LogP contribution in [0.3, 0.4) is 0 Å². The zero-order valence-electron chi connectivity index (χ0n) is 10.9. The van der Waals surface area contributed by atoms with Gasteiger partial charge >= 0.3 is 0 Å². The molecule has 1 unspecified atom stereocenters. The van der Waals surface area contributed by atoms with E-state index in [2.05, 4.69) is 59.4 Å². The van der Waals surface area contributed by atoms with Crippen LogP contribution in [-0.4, -0.2) is 24.6 Å². The van der Waals surface area contributed by atoms with E-state index < -0.39 is 0 Å². The van der Waals surface area contributed by atoms with Crippen LogP contribution in [0.25, 0.3) is 0 Å². The van der Waals surface area contributed by atoms with E-state index in [-0.39, 0.29) is 0 Å². The average molecular weight is 316 g/mol. The van der Waals surface area contributed by atoms with Gasteiger partial charge in [0.1, 0.15) is 0 Å². The minimum atomic E-state index is 0.624. The van der Waals surface area contributed by atoms with E-state index in [0.29, 0.717) is 5.92 Å². The number of rotatable bonds is 7. The van der Waals surface area contributed by atoms with Crippen LogP contribution in [-0.2, 0) is 0 Å². The number of nitrogens with one attached hydrogen (secondary N) is 1. The van der Waals surface area contributed by atoms with E-state index in [9.17, 15) is 0 Å². The van der Waals surface area contributed by atoms with Crippen molar-refractivity contribution in [3.63, 3.8) is 0 Å². The first-order chi connectivity index (χ1) is 8.13. The molecule has 3 heteroatoms. The van der Waals surface area contributed by atoms with Crippen molar-refractivity contribution in [1.82, 2.24) is 5.32 Å². The molecule has 0 aliphatic heterocycles. The molecule has 0 radical (unpaired) electrons. The lowest BCUT2D eigenvalue weighted by Gasteiger charge is -2.17. The molecular weight excluding hydrogens is 294 g/mol. The highest BCUT2D eigenvalue weighted by Crippen LogP contribution is 2.24. The highest BCUT2D eigenvalue weighted by atomic mass is 79.9. The van der Waals surface area contributed by atoms with Crippen molar-refractivity contribution < 1.29 is 0 Å². The van der Waals surface area contributed by atoms with Gasteiger partial charge in [-0.05, 0) is 48.1 Å². The smallest absolute Gasteiger partial charge is 0.0175 e. The van der Waals surface area contributed by atoms with Crippen molar-refractivity contribution in [2.24, 2.45) is 0 Å². The molecule has 96 valence electrons. The van der Waals surface area contributed by atoms with Crippen LogP contribution in [0.2, 0.25) is 0 Å². The number of thioether (sulfide) groups is 1. The third kappa shape index (κ3) is 5.94. The predicted octanol–water partition coefficient (Wildman–Crippen LogP) is 4.28. The Balaban J connectivity index is 2.55. The van der Waals surface area contributed by atoms with E-state index in [4.69, 9.17) is 0 Å². The lowest BCUT2D eigenvalue weighted by atomic mass is 9.96. The van der Waals surface area contributed by atoms with Gasteiger partial charge in [-0.15, -0.1) is 0 Å². The maximum absolute atomic E-state index is 3.49. The summed E-state index contributed by atoms with van der Waals surface area (Å²) in [6.07, 6.45) is 1.24. The molecule has 1 N–H and O–H groups in total. The molecule has 1 aromatic rings. The van der Waals surface area contributed by atoms with Gasteiger partial charge in [-0.25, -0.2) is 0 Å². The van der Waals surface area contributed by atoms with Crippen LogP contribution in [0, 0.1) is 0 Å². The summed E-state index contributed by atoms with van der Waals surface area (Å²) in [6, 6.07) is 8.72. The van der Waals surface area contributed by atoms with E-state index >= 15 is 0 Å². The van der Waals surface area contributed by atoms with Crippen molar-refractivity contribution in [3.8, 4) is 0 Å². The lowest BCUT2D eigenvalue weighted by molar-refractivity contribution is 0.615. The third-order valence-electron chi connectivity index (χ3n) is 2.71. The van der Waals surface area contributed by atoms with Gasteiger partial charge in [0, 0.05) is 11.0 Å². The fraction of sp³-hybridized carbons (Fsp3) is 0.571. The molecule has 0 saturated carbocycles. The Morgan fingerprint density at radius 2 is 1.88 bits per heavy atom. The molecule has 17 heavy (non-hydrogen) atoms. The molecule has 0 heterocycles. The van der Waals surface area contributed by atoms with E-state index in [1.165, 1.54) is 17.7 Å². The van der Waals surface area contributed by atoms with E-state index in [1.807, 2.05) is 18.8 Å². The summed E-state index contributed by atoms with van der Waals surface area (Å²) in [5.74, 6) is 1.86. The summed E-state index contributed by atoms with van der Waals surface area (Å²) in [5.41, 5.74) is 1.44. The molecule has 1 atom stereocenters. The van der Waals surface area contributed by atoms with Crippen molar-refractivity contribution >= 4 is 27.7 Å². The summed E-state index contributed by atoms with van der Waals surface area (Å²) in [7, 11) is 2.03. The van der Waals surface area contributed by atoms with Gasteiger partial charge in [0.05, 0.1) is 0 Å². The summed E-state index contributed by atoms with van der Waals surface area (Å²) in [4.78, 5) is 0. The van der Waals surface area contributed by atoms with E-state index in [0.717, 1.165) is 16.3 Å². The Bertz CT molecular complexity index is 311. The standard InChI is InChI=1S/C14H22BrNS/c1-11(2)17-9-8-13(10-16-3)12-4-6-14(15)7-5-12/h4-7,11,13,16H,8-10H2,1-3H3. The van der Waals surface area contributed by atoms with Gasteiger partial charge in [0.25, 0.3) is 0 Å². The second-order valence-corrected chi connectivity index (χ2v) is 7.11. The maximum Gasteiger partial charge on any atom is 0.0175 e. The molecule has 0 spiro atoms. The molecule has 1 rings (SSSR count).